The highest BCUT2D eigenvalue weighted by Gasteiger charge is 2.24. The minimum atomic E-state index is -1.15. The molecule has 0 spiro atoms. The molecule has 26 heavy (non-hydrogen) atoms. The van der Waals surface area contributed by atoms with E-state index in [0.717, 1.165) is 45.8 Å². The molecule has 1 fully saturated rings. The van der Waals surface area contributed by atoms with Crippen LogP contribution in [0, 0.1) is 3.57 Å². The van der Waals surface area contributed by atoms with Gasteiger partial charge in [-0.1, -0.05) is 19.6 Å². The second kappa shape index (κ2) is 8.32. The number of ether oxygens (including phenoxy) is 2. The summed E-state index contributed by atoms with van der Waals surface area (Å²) in [5, 5.41) is 0.922. The molecule has 0 bridgehead atoms. The lowest BCUT2D eigenvalue weighted by atomic mass is 10.3. The number of carbonyl (C=O) groups is 1. The van der Waals surface area contributed by atoms with E-state index in [1.54, 1.807) is 6.33 Å². The van der Waals surface area contributed by atoms with Crippen LogP contribution in [-0.4, -0.2) is 61.8 Å². The number of carbonyl (C=O) groups excluding carboxylic acids is 1. The van der Waals surface area contributed by atoms with Gasteiger partial charge in [-0.05, 0) is 28.6 Å². The normalized spacial score (nSPS) is 15.6. The van der Waals surface area contributed by atoms with Gasteiger partial charge in [0.05, 0.1) is 27.9 Å². The molecule has 0 N–H and O–H groups in total. The van der Waals surface area contributed by atoms with Crippen molar-refractivity contribution in [2.75, 3.05) is 37.8 Å². The summed E-state index contributed by atoms with van der Waals surface area (Å²) in [5.74, 6) is 0.867. The van der Waals surface area contributed by atoms with Crippen molar-refractivity contribution in [2.24, 2.45) is 0 Å². The molecule has 1 aliphatic heterocycles. The van der Waals surface area contributed by atoms with Gasteiger partial charge in [0.2, 0.25) is 0 Å². The number of nitrogens with zero attached hydrogens (tertiary/aromatic N) is 4. The van der Waals surface area contributed by atoms with E-state index in [1.807, 2.05) is 4.57 Å². The molecule has 1 aliphatic rings. The van der Waals surface area contributed by atoms with Crippen LogP contribution in [-0.2, 0) is 16.2 Å². The van der Waals surface area contributed by atoms with Gasteiger partial charge in [-0.15, -0.1) is 0 Å². The van der Waals surface area contributed by atoms with Gasteiger partial charge in [0, 0.05) is 27.8 Å². The minimum absolute atomic E-state index is 0.331. The SMILES string of the molecule is C[Si](C)(C)CCOCn1c(C=O)c(I)c2c(N3CCOCC3)ncnc21. The van der Waals surface area contributed by atoms with Crippen LogP contribution < -0.4 is 4.90 Å². The summed E-state index contributed by atoms with van der Waals surface area (Å²) in [6, 6.07) is 1.09. The summed E-state index contributed by atoms with van der Waals surface area (Å²) in [5.41, 5.74) is 1.35. The van der Waals surface area contributed by atoms with E-state index >= 15 is 0 Å². The third-order valence-corrected chi connectivity index (χ3v) is 7.23. The van der Waals surface area contributed by atoms with Gasteiger partial charge < -0.3 is 14.4 Å². The van der Waals surface area contributed by atoms with Gasteiger partial charge in [0.1, 0.15) is 24.5 Å². The molecule has 0 saturated carbocycles. The molecule has 0 atom stereocenters. The number of aldehydes is 1. The number of fused-ring (bicyclic) bond motifs is 1. The number of hydrogen-bond donors (Lipinski definition) is 0. The predicted molar refractivity (Wildman–Crippen MR) is 113 cm³/mol. The molecule has 1 saturated heterocycles. The zero-order valence-corrected chi connectivity index (χ0v) is 18.7. The first-order valence-electron chi connectivity index (χ1n) is 8.80. The number of halogens is 1. The fourth-order valence-corrected chi connectivity index (χ4v) is 4.58. The van der Waals surface area contributed by atoms with Crippen LogP contribution in [0.25, 0.3) is 11.0 Å². The molecule has 142 valence electrons. The highest BCUT2D eigenvalue weighted by Crippen LogP contribution is 2.32. The van der Waals surface area contributed by atoms with E-state index in [1.165, 1.54) is 0 Å². The Morgan fingerprint density at radius 2 is 2.04 bits per heavy atom. The van der Waals surface area contributed by atoms with E-state index in [-0.39, 0.29) is 0 Å². The fourth-order valence-electron chi connectivity index (χ4n) is 2.92. The summed E-state index contributed by atoms with van der Waals surface area (Å²) in [7, 11) is -1.15. The Bertz CT molecular complexity index is 784. The van der Waals surface area contributed by atoms with Crippen molar-refractivity contribution in [3.8, 4) is 0 Å². The average Bonchev–Trinajstić information content (AvgIpc) is 2.90. The molecule has 9 heteroatoms. The smallest absolute Gasteiger partial charge is 0.167 e. The summed E-state index contributed by atoms with van der Waals surface area (Å²) >= 11 is 2.22. The van der Waals surface area contributed by atoms with Gasteiger partial charge in [-0.2, -0.15) is 0 Å². The molecule has 0 radical (unpaired) electrons. The van der Waals surface area contributed by atoms with Crippen LogP contribution >= 0.6 is 22.6 Å². The third kappa shape index (κ3) is 4.26. The van der Waals surface area contributed by atoms with Crippen LogP contribution in [0.15, 0.2) is 6.33 Å². The first kappa shape index (κ1) is 19.7. The van der Waals surface area contributed by atoms with Crippen molar-refractivity contribution in [3.63, 3.8) is 0 Å². The van der Waals surface area contributed by atoms with Crippen LogP contribution in [0.3, 0.4) is 0 Å². The van der Waals surface area contributed by atoms with Crippen molar-refractivity contribution in [1.29, 1.82) is 0 Å². The lowest BCUT2D eigenvalue weighted by Crippen LogP contribution is -2.36. The monoisotopic (exact) mass is 488 g/mol. The second-order valence-electron chi connectivity index (χ2n) is 7.59. The second-order valence-corrected chi connectivity index (χ2v) is 14.3. The van der Waals surface area contributed by atoms with E-state index in [2.05, 4.69) is 57.1 Å². The minimum Gasteiger partial charge on any atom is -0.378 e. The molecule has 2 aromatic heterocycles. The summed E-state index contributed by atoms with van der Waals surface area (Å²) in [6.07, 6.45) is 2.45. The van der Waals surface area contributed by atoms with E-state index < -0.39 is 8.07 Å². The first-order chi connectivity index (χ1) is 12.4. The maximum Gasteiger partial charge on any atom is 0.167 e. The Hall–Kier alpha value is -1.04. The van der Waals surface area contributed by atoms with E-state index in [9.17, 15) is 4.79 Å². The van der Waals surface area contributed by atoms with Crippen molar-refractivity contribution >= 4 is 53.8 Å². The molecule has 2 aromatic rings. The largest absolute Gasteiger partial charge is 0.378 e. The molecule has 0 unspecified atom stereocenters. The zero-order chi connectivity index (χ0) is 18.7. The van der Waals surface area contributed by atoms with Gasteiger partial charge >= 0.3 is 0 Å². The Morgan fingerprint density at radius 1 is 1.31 bits per heavy atom. The van der Waals surface area contributed by atoms with Crippen molar-refractivity contribution in [2.45, 2.75) is 32.4 Å². The maximum absolute atomic E-state index is 11.7. The Labute approximate surface area is 168 Å². The molecule has 0 aliphatic carbocycles. The zero-order valence-electron chi connectivity index (χ0n) is 15.5. The Kier molecular flexibility index (Phi) is 6.31. The first-order valence-corrected chi connectivity index (χ1v) is 13.6. The van der Waals surface area contributed by atoms with Crippen molar-refractivity contribution in [3.05, 3.63) is 15.6 Å². The molecule has 0 aromatic carbocycles. The third-order valence-electron chi connectivity index (χ3n) is 4.44. The van der Waals surface area contributed by atoms with Crippen molar-refractivity contribution < 1.29 is 14.3 Å². The lowest BCUT2D eigenvalue weighted by molar-refractivity contribution is 0.0858. The standard InChI is InChI=1S/C17H25IN4O3Si/c1-26(2,3)9-8-25-12-22-13(10-23)15(18)14-16(19-11-20-17(14)22)21-4-6-24-7-5-21/h10-11H,4-9,12H2,1-3H3. The molecule has 3 heterocycles. The molecular formula is C17H25IN4O3Si. The fraction of sp³-hybridized carbons (Fsp3) is 0.588. The van der Waals surface area contributed by atoms with Crippen LogP contribution in [0.4, 0.5) is 5.82 Å². The van der Waals surface area contributed by atoms with Crippen LogP contribution in [0.1, 0.15) is 10.5 Å². The number of morpholine rings is 1. The van der Waals surface area contributed by atoms with Gasteiger partial charge in [-0.3, -0.25) is 9.36 Å². The summed E-state index contributed by atoms with van der Waals surface area (Å²) in [4.78, 5) is 22.9. The Balaban J connectivity index is 1.92. The number of hydrogen-bond acceptors (Lipinski definition) is 6. The predicted octanol–water partition coefficient (Wildman–Crippen LogP) is 3.00. The molecule has 7 nitrogen and oxygen atoms in total. The number of anilines is 1. The average molecular weight is 488 g/mol. The molecule has 3 rings (SSSR count). The number of rotatable bonds is 7. The van der Waals surface area contributed by atoms with Crippen LogP contribution in [0.5, 0.6) is 0 Å². The van der Waals surface area contributed by atoms with E-state index in [4.69, 9.17) is 9.47 Å². The highest BCUT2D eigenvalue weighted by atomic mass is 127. The summed E-state index contributed by atoms with van der Waals surface area (Å²) in [6.45, 7) is 10.9. The highest BCUT2D eigenvalue weighted by molar-refractivity contribution is 14.1. The topological polar surface area (TPSA) is 69.5 Å². The van der Waals surface area contributed by atoms with Crippen LogP contribution in [0.2, 0.25) is 25.7 Å². The van der Waals surface area contributed by atoms with Gasteiger partial charge in [0.25, 0.3) is 0 Å². The maximum atomic E-state index is 11.7. The number of aromatic nitrogens is 3. The molecule has 0 amide bonds. The summed E-state index contributed by atoms with van der Waals surface area (Å²) < 4.78 is 14.1. The van der Waals surface area contributed by atoms with Gasteiger partial charge in [0.15, 0.2) is 6.29 Å². The lowest BCUT2D eigenvalue weighted by Gasteiger charge is -2.28. The van der Waals surface area contributed by atoms with E-state index in [0.29, 0.717) is 32.2 Å². The van der Waals surface area contributed by atoms with Crippen molar-refractivity contribution in [1.82, 2.24) is 14.5 Å². The van der Waals surface area contributed by atoms with Gasteiger partial charge in [-0.25, -0.2) is 9.97 Å². The Morgan fingerprint density at radius 3 is 2.69 bits per heavy atom. The molecular weight excluding hydrogens is 463 g/mol. The quantitative estimate of drug-likeness (QED) is 0.258.